The summed E-state index contributed by atoms with van der Waals surface area (Å²) in [6.45, 7) is 5.76. The maximum absolute atomic E-state index is 3.61. The maximum Gasteiger partial charge on any atom is 0.00683 e. The molecule has 88 valence electrons. The quantitative estimate of drug-likeness (QED) is 0.771. The zero-order chi connectivity index (χ0) is 11.4. The summed E-state index contributed by atoms with van der Waals surface area (Å²) < 4.78 is 0. The molecule has 0 aromatic heterocycles. The summed E-state index contributed by atoms with van der Waals surface area (Å²) in [6.07, 6.45) is 5.31. The van der Waals surface area contributed by atoms with Crippen LogP contribution in [0.25, 0.3) is 0 Å². The first-order chi connectivity index (χ1) is 7.75. The van der Waals surface area contributed by atoms with Crippen molar-refractivity contribution < 1.29 is 0 Å². The topological polar surface area (TPSA) is 12.0 Å². The lowest BCUT2D eigenvalue weighted by molar-refractivity contribution is 0.479. The van der Waals surface area contributed by atoms with E-state index in [0.29, 0.717) is 0 Å². The molecule has 1 atom stereocenters. The van der Waals surface area contributed by atoms with Crippen molar-refractivity contribution in [2.45, 2.75) is 45.6 Å². The first-order valence-corrected chi connectivity index (χ1v) is 6.53. The van der Waals surface area contributed by atoms with Crippen molar-refractivity contribution in [1.82, 2.24) is 5.32 Å². The van der Waals surface area contributed by atoms with E-state index in [9.17, 15) is 0 Å². The summed E-state index contributed by atoms with van der Waals surface area (Å²) in [5.74, 6) is 0.792. The molecule has 1 aromatic rings. The monoisotopic (exact) mass is 217 g/mol. The van der Waals surface area contributed by atoms with Gasteiger partial charge in [0.2, 0.25) is 0 Å². The molecule has 0 amide bonds. The molecular weight excluding hydrogens is 194 g/mol. The Morgan fingerprint density at radius 2 is 2.06 bits per heavy atom. The van der Waals surface area contributed by atoms with Gasteiger partial charge in [-0.05, 0) is 56.2 Å². The van der Waals surface area contributed by atoms with E-state index < -0.39 is 0 Å². The van der Waals surface area contributed by atoms with Crippen LogP contribution >= 0.6 is 0 Å². The van der Waals surface area contributed by atoms with E-state index in [2.05, 4.69) is 43.4 Å². The summed E-state index contributed by atoms with van der Waals surface area (Å²) in [7, 11) is 0. The third-order valence-corrected chi connectivity index (χ3v) is 3.50. The van der Waals surface area contributed by atoms with Crippen molar-refractivity contribution in [3.8, 4) is 0 Å². The minimum Gasteiger partial charge on any atom is -0.314 e. The molecule has 1 heteroatoms. The fourth-order valence-electron chi connectivity index (χ4n) is 2.05. The van der Waals surface area contributed by atoms with Crippen LogP contribution < -0.4 is 5.32 Å². The first-order valence-electron chi connectivity index (χ1n) is 6.53. The van der Waals surface area contributed by atoms with Crippen LogP contribution in [0, 0.1) is 12.8 Å². The predicted molar refractivity (Wildman–Crippen MR) is 69.7 cm³/mol. The van der Waals surface area contributed by atoms with E-state index in [4.69, 9.17) is 0 Å². The number of hydrogen-bond acceptors (Lipinski definition) is 1. The molecule has 2 rings (SSSR count). The molecule has 1 unspecified atom stereocenters. The minimum absolute atomic E-state index is 0.792. The van der Waals surface area contributed by atoms with E-state index in [0.717, 1.165) is 12.0 Å². The fraction of sp³-hybridized carbons (Fsp3) is 0.600. The first kappa shape index (κ1) is 11.7. The highest BCUT2D eigenvalue weighted by Gasteiger charge is 2.20. The van der Waals surface area contributed by atoms with E-state index in [1.54, 1.807) is 0 Å². The lowest BCUT2D eigenvalue weighted by atomic mass is 9.98. The van der Waals surface area contributed by atoms with Crippen LogP contribution in [0.3, 0.4) is 0 Å². The summed E-state index contributed by atoms with van der Waals surface area (Å²) in [5, 5.41) is 3.61. The average Bonchev–Trinajstić information content (AvgIpc) is 3.09. The normalized spacial score (nSPS) is 17.4. The number of nitrogens with one attached hydrogen (secondary N) is 1. The van der Waals surface area contributed by atoms with Gasteiger partial charge in [-0.3, -0.25) is 0 Å². The number of rotatable bonds is 6. The van der Waals surface area contributed by atoms with Gasteiger partial charge in [-0.25, -0.2) is 0 Å². The average molecular weight is 217 g/mol. The third-order valence-electron chi connectivity index (χ3n) is 3.50. The highest BCUT2D eigenvalue weighted by atomic mass is 14.9. The van der Waals surface area contributed by atoms with Crippen molar-refractivity contribution in [3.63, 3.8) is 0 Å². The molecule has 0 aliphatic heterocycles. The molecule has 1 saturated carbocycles. The molecule has 0 saturated heterocycles. The Balaban J connectivity index is 1.71. The van der Waals surface area contributed by atoms with Gasteiger partial charge < -0.3 is 5.32 Å². The smallest absolute Gasteiger partial charge is 0.00683 e. The van der Waals surface area contributed by atoms with Gasteiger partial charge in [0.1, 0.15) is 0 Å². The predicted octanol–water partition coefficient (Wildman–Crippen LogP) is 3.32. The second-order valence-electron chi connectivity index (χ2n) is 5.25. The van der Waals surface area contributed by atoms with Gasteiger partial charge in [0, 0.05) is 6.04 Å². The molecule has 1 aliphatic rings. The minimum atomic E-state index is 0.792. The Hall–Kier alpha value is -0.820. The van der Waals surface area contributed by atoms with Crippen LogP contribution in [0.5, 0.6) is 0 Å². The van der Waals surface area contributed by atoms with E-state index in [-0.39, 0.29) is 0 Å². The van der Waals surface area contributed by atoms with Gasteiger partial charge in [0.15, 0.2) is 0 Å². The van der Waals surface area contributed by atoms with Crippen LogP contribution in [-0.4, -0.2) is 12.6 Å². The third kappa shape index (κ3) is 3.64. The molecule has 0 bridgehead atoms. The Labute approximate surface area is 99.3 Å². The summed E-state index contributed by atoms with van der Waals surface area (Å²) in [5.41, 5.74) is 2.95. The van der Waals surface area contributed by atoms with Gasteiger partial charge in [-0.15, -0.1) is 0 Å². The molecule has 1 aromatic carbocycles. The lowest BCUT2D eigenvalue weighted by Crippen LogP contribution is -2.23. The molecule has 1 nitrogen and oxygen atoms in total. The van der Waals surface area contributed by atoms with Crippen molar-refractivity contribution in [2.75, 3.05) is 6.54 Å². The summed E-state index contributed by atoms with van der Waals surface area (Å²) in [6, 6.07) is 9.59. The van der Waals surface area contributed by atoms with Gasteiger partial charge in [-0.2, -0.15) is 0 Å². The molecule has 16 heavy (non-hydrogen) atoms. The van der Waals surface area contributed by atoms with Crippen LogP contribution in [-0.2, 0) is 6.42 Å². The Morgan fingerprint density at radius 3 is 2.75 bits per heavy atom. The standard InChI is InChI=1S/C15H23N/c1-12(11-16-15-9-10-15)7-8-14-6-4-3-5-13(14)2/h3-6,12,15-16H,7-11H2,1-2H3. The summed E-state index contributed by atoms with van der Waals surface area (Å²) >= 11 is 0. The van der Waals surface area contributed by atoms with Gasteiger partial charge in [-0.1, -0.05) is 31.2 Å². The van der Waals surface area contributed by atoms with Crippen LogP contribution in [0.4, 0.5) is 0 Å². The van der Waals surface area contributed by atoms with Crippen LogP contribution in [0.2, 0.25) is 0 Å². The summed E-state index contributed by atoms with van der Waals surface area (Å²) in [4.78, 5) is 0. The van der Waals surface area contributed by atoms with E-state index >= 15 is 0 Å². The number of aryl methyl sites for hydroxylation is 2. The van der Waals surface area contributed by atoms with Crippen molar-refractivity contribution in [2.24, 2.45) is 5.92 Å². The molecule has 0 radical (unpaired) electrons. The highest BCUT2D eigenvalue weighted by Crippen LogP contribution is 2.19. The molecular formula is C15H23N. The SMILES string of the molecule is Cc1ccccc1CCC(C)CNC1CC1. The van der Waals surface area contributed by atoms with Crippen LogP contribution in [0.15, 0.2) is 24.3 Å². The van der Waals surface area contributed by atoms with Crippen molar-refractivity contribution in [1.29, 1.82) is 0 Å². The molecule has 1 fully saturated rings. The lowest BCUT2D eigenvalue weighted by Gasteiger charge is -2.13. The molecule has 0 spiro atoms. The van der Waals surface area contributed by atoms with Crippen molar-refractivity contribution >= 4 is 0 Å². The second-order valence-corrected chi connectivity index (χ2v) is 5.25. The van der Waals surface area contributed by atoms with Gasteiger partial charge >= 0.3 is 0 Å². The van der Waals surface area contributed by atoms with E-state index in [1.165, 1.54) is 43.4 Å². The fourth-order valence-corrected chi connectivity index (χ4v) is 2.05. The number of benzene rings is 1. The highest BCUT2D eigenvalue weighted by molar-refractivity contribution is 5.25. The van der Waals surface area contributed by atoms with Crippen LogP contribution in [0.1, 0.15) is 37.3 Å². The van der Waals surface area contributed by atoms with Gasteiger partial charge in [0.05, 0.1) is 0 Å². The van der Waals surface area contributed by atoms with Gasteiger partial charge in [0.25, 0.3) is 0 Å². The maximum atomic E-state index is 3.61. The molecule has 0 heterocycles. The van der Waals surface area contributed by atoms with Crippen molar-refractivity contribution in [3.05, 3.63) is 35.4 Å². The second kappa shape index (κ2) is 5.49. The largest absolute Gasteiger partial charge is 0.314 e. The zero-order valence-electron chi connectivity index (χ0n) is 10.5. The zero-order valence-corrected chi connectivity index (χ0v) is 10.5. The van der Waals surface area contributed by atoms with E-state index in [1.807, 2.05) is 0 Å². The Kier molecular flexibility index (Phi) is 4.00. The Morgan fingerprint density at radius 1 is 1.31 bits per heavy atom. The Bertz CT molecular complexity index is 328. The molecule has 1 aliphatic carbocycles. The molecule has 1 N–H and O–H groups in total. The number of hydrogen-bond donors (Lipinski definition) is 1.